The van der Waals surface area contributed by atoms with E-state index < -0.39 is 0 Å². The third-order valence-corrected chi connectivity index (χ3v) is 3.27. The first-order chi connectivity index (χ1) is 4.63. The molecule has 0 rings (SSSR count). The summed E-state index contributed by atoms with van der Waals surface area (Å²) in [5.41, 5.74) is 1.46. The maximum atomic E-state index is 2.36. The molecule has 0 spiro atoms. The van der Waals surface area contributed by atoms with Gasteiger partial charge in [0.25, 0.3) is 0 Å². The van der Waals surface area contributed by atoms with E-state index in [4.69, 9.17) is 0 Å². The second kappa shape index (κ2) is 5.68. The summed E-state index contributed by atoms with van der Waals surface area (Å²) in [4.78, 5) is 2.28. The Hall–Kier alpha value is -0.0831. The van der Waals surface area contributed by atoms with Crippen LogP contribution >= 0.6 is 0 Å². The van der Waals surface area contributed by atoms with Crippen molar-refractivity contribution in [1.82, 2.24) is 4.90 Å². The van der Waals surface area contributed by atoms with Crippen molar-refractivity contribution in [2.45, 2.75) is 19.9 Å². The third kappa shape index (κ3) is 7.92. The van der Waals surface area contributed by atoms with E-state index in [0.717, 1.165) is 0 Å². The molecule has 60 valence electrons. The van der Waals surface area contributed by atoms with Crippen molar-refractivity contribution in [3.63, 3.8) is 0 Å². The molecule has 0 aliphatic rings. The van der Waals surface area contributed by atoms with Gasteiger partial charge in [0.15, 0.2) is 0 Å². The van der Waals surface area contributed by atoms with Crippen LogP contribution in [0, 0.1) is 0 Å². The summed E-state index contributed by atoms with van der Waals surface area (Å²) < 4.78 is 0. The largest absolute Gasteiger partial charge is 0.313 e. The maximum absolute atomic E-state index is 2.36. The van der Waals surface area contributed by atoms with Crippen LogP contribution in [0.4, 0.5) is 0 Å². The minimum atomic E-state index is 0.171. The molecular formula is C8H19NSi. The highest BCUT2D eigenvalue weighted by molar-refractivity contribution is 6.36. The summed E-state index contributed by atoms with van der Waals surface area (Å²) in [7, 11) is 4.47. The van der Waals surface area contributed by atoms with Crippen LogP contribution in [0.2, 0.25) is 6.04 Å². The molecule has 10 heavy (non-hydrogen) atoms. The Morgan fingerprint density at radius 3 is 2.40 bits per heavy atom. The van der Waals surface area contributed by atoms with Crippen molar-refractivity contribution in [3.05, 3.63) is 11.6 Å². The molecule has 0 aliphatic carbocycles. The smallest absolute Gasteiger partial charge is 0.0406 e. The molecule has 0 aromatic rings. The van der Waals surface area contributed by atoms with E-state index in [1.807, 2.05) is 0 Å². The molecule has 2 heteroatoms. The number of hydrogen-bond donors (Lipinski definition) is 0. The van der Waals surface area contributed by atoms with Crippen LogP contribution in [-0.4, -0.2) is 34.7 Å². The van der Waals surface area contributed by atoms with Crippen LogP contribution < -0.4 is 0 Å². The van der Waals surface area contributed by atoms with Crippen molar-refractivity contribution >= 4 is 9.52 Å². The number of rotatable bonds is 4. The summed E-state index contributed by atoms with van der Waals surface area (Å²) in [6, 6.07) is 1.36. The van der Waals surface area contributed by atoms with Crippen molar-refractivity contribution in [2.24, 2.45) is 0 Å². The Bertz CT molecular complexity index is 104. The van der Waals surface area contributed by atoms with Crippen molar-refractivity contribution < 1.29 is 0 Å². The van der Waals surface area contributed by atoms with E-state index in [1.165, 1.54) is 17.8 Å². The lowest BCUT2D eigenvalue weighted by atomic mass is 10.3. The van der Waals surface area contributed by atoms with Gasteiger partial charge in [0.1, 0.15) is 0 Å². The van der Waals surface area contributed by atoms with Crippen LogP contribution in [-0.2, 0) is 0 Å². The summed E-state index contributed by atoms with van der Waals surface area (Å²) in [5.74, 6) is 0. The Morgan fingerprint density at radius 1 is 1.40 bits per heavy atom. The molecule has 0 bridgehead atoms. The average Bonchev–Trinajstić information content (AvgIpc) is 1.79. The van der Waals surface area contributed by atoms with Crippen LogP contribution in [0.15, 0.2) is 11.6 Å². The maximum Gasteiger partial charge on any atom is 0.0406 e. The first kappa shape index (κ1) is 9.92. The van der Waals surface area contributed by atoms with Crippen molar-refractivity contribution in [1.29, 1.82) is 0 Å². The van der Waals surface area contributed by atoms with Gasteiger partial charge in [0.05, 0.1) is 0 Å². The number of nitrogens with zero attached hydrogens (tertiary/aromatic N) is 1. The van der Waals surface area contributed by atoms with Crippen LogP contribution in [0.1, 0.15) is 13.8 Å². The third-order valence-electron chi connectivity index (χ3n) is 1.36. The van der Waals surface area contributed by atoms with Gasteiger partial charge in [-0.3, -0.25) is 0 Å². The zero-order valence-electron chi connectivity index (χ0n) is 7.65. The quantitative estimate of drug-likeness (QED) is 0.335. The monoisotopic (exact) mass is 157 g/mol. The van der Waals surface area contributed by atoms with E-state index in [1.54, 1.807) is 0 Å². The van der Waals surface area contributed by atoms with E-state index in [0.29, 0.717) is 0 Å². The van der Waals surface area contributed by atoms with Gasteiger partial charge in [-0.1, -0.05) is 11.6 Å². The van der Waals surface area contributed by atoms with E-state index >= 15 is 0 Å². The topological polar surface area (TPSA) is 3.24 Å². The molecule has 0 aliphatic heterocycles. The fourth-order valence-electron chi connectivity index (χ4n) is 0.798. The van der Waals surface area contributed by atoms with Gasteiger partial charge in [-0.15, -0.1) is 0 Å². The SMILES string of the molecule is CC(C)=CC[SiH2]CN(C)C. The average molecular weight is 157 g/mol. The van der Waals surface area contributed by atoms with Crippen molar-refractivity contribution in [3.8, 4) is 0 Å². The zero-order valence-corrected chi connectivity index (χ0v) is 9.06. The number of allylic oxidation sites excluding steroid dienone is 2. The molecular weight excluding hydrogens is 138 g/mol. The lowest BCUT2D eigenvalue weighted by Crippen LogP contribution is -2.18. The molecule has 0 radical (unpaired) electrons. The molecule has 0 saturated heterocycles. The fraction of sp³-hybridized carbons (Fsp3) is 0.750. The summed E-state index contributed by atoms with van der Waals surface area (Å²) in [6.07, 6.45) is 3.69. The first-order valence-electron chi connectivity index (χ1n) is 3.91. The minimum absolute atomic E-state index is 0.171. The van der Waals surface area contributed by atoms with Crippen LogP contribution in [0.5, 0.6) is 0 Å². The molecule has 0 saturated carbocycles. The van der Waals surface area contributed by atoms with E-state index in [2.05, 4.69) is 38.9 Å². The number of hydrogen-bond acceptors (Lipinski definition) is 1. The van der Waals surface area contributed by atoms with Gasteiger partial charge >= 0.3 is 0 Å². The molecule has 0 heterocycles. The van der Waals surface area contributed by atoms with Gasteiger partial charge in [-0.25, -0.2) is 0 Å². The summed E-state index contributed by atoms with van der Waals surface area (Å²) in [6.45, 7) is 4.34. The minimum Gasteiger partial charge on any atom is -0.313 e. The van der Waals surface area contributed by atoms with Gasteiger partial charge in [0.2, 0.25) is 0 Å². The Kier molecular flexibility index (Phi) is 5.64. The standard InChI is InChI=1S/C8H19NSi/c1-8(2)5-6-10-7-9(3)4/h5H,6-7,10H2,1-4H3. The molecule has 0 amide bonds. The second-order valence-corrected chi connectivity index (χ2v) is 4.96. The van der Waals surface area contributed by atoms with Gasteiger partial charge in [0, 0.05) is 9.52 Å². The highest BCUT2D eigenvalue weighted by Crippen LogP contribution is 1.92. The Morgan fingerprint density at radius 2 is 2.00 bits per heavy atom. The molecule has 0 aromatic heterocycles. The van der Waals surface area contributed by atoms with Crippen LogP contribution in [0.25, 0.3) is 0 Å². The van der Waals surface area contributed by atoms with Crippen molar-refractivity contribution in [2.75, 3.05) is 20.3 Å². The Labute approximate surface area is 66.9 Å². The van der Waals surface area contributed by atoms with Crippen LogP contribution in [0.3, 0.4) is 0 Å². The van der Waals surface area contributed by atoms with Gasteiger partial charge in [-0.2, -0.15) is 0 Å². The highest BCUT2D eigenvalue weighted by Gasteiger charge is 1.88. The normalized spacial score (nSPS) is 11.3. The fourth-order valence-corrected chi connectivity index (χ4v) is 2.39. The molecule has 0 fully saturated rings. The molecule has 0 atom stereocenters. The summed E-state index contributed by atoms with van der Waals surface area (Å²) in [5, 5.41) is 0. The zero-order chi connectivity index (χ0) is 7.98. The second-order valence-electron chi connectivity index (χ2n) is 3.23. The lowest BCUT2D eigenvalue weighted by Gasteiger charge is -2.06. The van der Waals surface area contributed by atoms with Gasteiger partial charge in [-0.05, 0) is 40.2 Å². The highest BCUT2D eigenvalue weighted by atomic mass is 28.2. The van der Waals surface area contributed by atoms with E-state index in [-0.39, 0.29) is 9.52 Å². The Balaban J connectivity index is 3.13. The molecule has 0 aromatic carbocycles. The predicted octanol–water partition coefficient (Wildman–Crippen LogP) is 1.06. The molecule has 0 N–H and O–H groups in total. The molecule has 0 unspecified atom stereocenters. The summed E-state index contributed by atoms with van der Waals surface area (Å²) >= 11 is 0. The molecule has 1 nitrogen and oxygen atoms in total. The van der Waals surface area contributed by atoms with E-state index in [9.17, 15) is 0 Å². The predicted molar refractivity (Wildman–Crippen MR) is 51.3 cm³/mol. The lowest BCUT2D eigenvalue weighted by molar-refractivity contribution is 0.477. The first-order valence-corrected chi connectivity index (χ1v) is 5.91. The van der Waals surface area contributed by atoms with Gasteiger partial charge < -0.3 is 4.90 Å².